The maximum atomic E-state index is 13.7. The lowest BCUT2D eigenvalue weighted by Crippen LogP contribution is -2.32. The van der Waals surface area contributed by atoms with Gasteiger partial charge in [0.25, 0.3) is 0 Å². The summed E-state index contributed by atoms with van der Waals surface area (Å²) in [5.41, 5.74) is 0.255. The molecule has 1 aliphatic heterocycles. The number of anilines is 3. The normalized spacial score (nSPS) is 15.6. The van der Waals surface area contributed by atoms with Gasteiger partial charge in [0.05, 0.1) is 22.3 Å². The van der Waals surface area contributed by atoms with E-state index >= 15 is 0 Å². The van der Waals surface area contributed by atoms with Crippen molar-refractivity contribution in [2.45, 2.75) is 42.9 Å². The van der Waals surface area contributed by atoms with E-state index in [1.165, 1.54) is 17.8 Å². The smallest absolute Gasteiger partial charge is 0.412 e. The van der Waals surface area contributed by atoms with E-state index in [-0.39, 0.29) is 23.7 Å². The largest absolute Gasteiger partial charge is 0.444 e. The molecule has 0 aromatic heterocycles. The van der Waals surface area contributed by atoms with Crippen LogP contribution in [0.3, 0.4) is 0 Å². The molecule has 1 unspecified atom stereocenters. The fourth-order valence-electron chi connectivity index (χ4n) is 2.74. The number of rotatable bonds is 4. The molecule has 30 heavy (non-hydrogen) atoms. The molecule has 0 spiro atoms. The Labute approximate surface area is 177 Å². The highest BCUT2D eigenvalue weighted by atomic mass is 32.2. The molecule has 0 aliphatic carbocycles. The van der Waals surface area contributed by atoms with Gasteiger partial charge in [0, 0.05) is 11.3 Å². The Morgan fingerprint density at radius 3 is 2.60 bits per heavy atom. The Morgan fingerprint density at radius 2 is 1.87 bits per heavy atom. The lowest BCUT2D eigenvalue weighted by Gasteiger charge is -2.24. The van der Waals surface area contributed by atoms with Crippen LogP contribution < -0.4 is 16.0 Å². The first-order chi connectivity index (χ1) is 14.1. The molecule has 0 saturated carbocycles. The van der Waals surface area contributed by atoms with Crippen LogP contribution in [0.4, 0.5) is 26.2 Å². The second-order valence-corrected chi connectivity index (χ2v) is 8.91. The standard InChI is InChI=1S/C21H22FN3O4S/c1-21(2,3)29-20(28)25-13-9-8-12(22)10-15(13)23-18(26)11-17-19(27)24-14-6-4-5-7-16(14)30-17/h4-10,17H,11H2,1-3H3,(H,23,26)(H,24,27)(H,25,28). The molecule has 7 nitrogen and oxygen atoms in total. The van der Waals surface area contributed by atoms with Crippen molar-refractivity contribution < 1.29 is 23.5 Å². The number of para-hydroxylation sites is 1. The van der Waals surface area contributed by atoms with Crippen LogP contribution >= 0.6 is 11.8 Å². The molecular formula is C21H22FN3O4S. The van der Waals surface area contributed by atoms with Crippen LogP contribution in [0.5, 0.6) is 0 Å². The van der Waals surface area contributed by atoms with E-state index in [9.17, 15) is 18.8 Å². The summed E-state index contributed by atoms with van der Waals surface area (Å²) in [4.78, 5) is 37.7. The van der Waals surface area contributed by atoms with Gasteiger partial charge in [-0.15, -0.1) is 11.8 Å². The van der Waals surface area contributed by atoms with Gasteiger partial charge in [-0.05, 0) is 51.1 Å². The van der Waals surface area contributed by atoms with Gasteiger partial charge in [0.15, 0.2) is 0 Å². The van der Waals surface area contributed by atoms with Crippen LogP contribution in [0.2, 0.25) is 0 Å². The summed E-state index contributed by atoms with van der Waals surface area (Å²) >= 11 is 1.29. The molecule has 1 aliphatic rings. The molecule has 0 bridgehead atoms. The van der Waals surface area contributed by atoms with Crippen LogP contribution in [0.15, 0.2) is 47.4 Å². The first-order valence-electron chi connectivity index (χ1n) is 9.27. The van der Waals surface area contributed by atoms with E-state index in [0.717, 1.165) is 17.0 Å². The topological polar surface area (TPSA) is 96.5 Å². The average Bonchev–Trinajstić information content (AvgIpc) is 2.63. The predicted molar refractivity (Wildman–Crippen MR) is 114 cm³/mol. The third-order valence-corrected chi connectivity index (χ3v) is 5.24. The van der Waals surface area contributed by atoms with Crippen molar-refractivity contribution >= 4 is 46.7 Å². The Bertz CT molecular complexity index is 990. The zero-order chi connectivity index (χ0) is 21.9. The van der Waals surface area contributed by atoms with Gasteiger partial charge in [0.1, 0.15) is 11.4 Å². The Kier molecular flexibility index (Phi) is 6.31. The maximum absolute atomic E-state index is 13.7. The quantitative estimate of drug-likeness (QED) is 0.657. The second-order valence-electron chi connectivity index (χ2n) is 7.66. The summed E-state index contributed by atoms with van der Waals surface area (Å²) in [6.45, 7) is 5.14. The first-order valence-corrected chi connectivity index (χ1v) is 10.1. The number of carbonyl (C=O) groups is 3. The van der Waals surface area contributed by atoms with Crippen molar-refractivity contribution in [1.29, 1.82) is 0 Å². The van der Waals surface area contributed by atoms with Crippen molar-refractivity contribution in [1.82, 2.24) is 0 Å². The third kappa shape index (κ3) is 5.73. The number of fused-ring (bicyclic) bond motifs is 1. The fourth-order valence-corrected chi connectivity index (χ4v) is 3.85. The van der Waals surface area contributed by atoms with Gasteiger partial charge < -0.3 is 15.4 Å². The summed E-state index contributed by atoms with van der Waals surface area (Å²) < 4.78 is 18.9. The van der Waals surface area contributed by atoms with E-state index in [1.807, 2.05) is 18.2 Å². The molecule has 1 atom stereocenters. The maximum Gasteiger partial charge on any atom is 0.412 e. The lowest BCUT2D eigenvalue weighted by atomic mass is 10.2. The minimum Gasteiger partial charge on any atom is -0.444 e. The molecule has 3 rings (SSSR count). The minimum atomic E-state index is -0.733. The van der Waals surface area contributed by atoms with Gasteiger partial charge in [-0.2, -0.15) is 0 Å². The molecule has 2 aromatic rings. The molecule has 1 heterocycles. The van der Waals surface area contributed by atoms with Crippen molar-refractivity contribution in [2.75, 3.05) is 16.0 Å². The van der Waals surface area contributed by atoms with Crippen molar-refractivity contribution in [3.05, 3.63) is 48.3 Å². The monoisotopic (exact) mass is 431 g/mol. The number of thioether (sulfide) groups is 1. The Balaban J connectivity index is 1.68. The predicted octanol–water partition coefficient (Wildman–Crippen LogP) is 4.61. The second kappa shape index (κ2) is 8.74. The fraction of sp³-hybridized carbons (Fsp3) is 0.286. The summed E-state index contributed by atoms with van der Waals surface area (Å²) in [5, 5.41) is 7.21. The van der Waals surface area contributed by atoms with Crippen LogP contribution in [0.1, 0.15) is 27.2 Å². The molecule has 0 saturated heterocycles. The van der Waals surface area contributed by atoms with Crippen molar-refractivity contribution in [3.63, 3.8) is 0 Å². The zero-order valence-corrected chi connectivity index (χ0v) is 17.6. The molecular weight excluding hydrogens is 409 g/mol. The van der Waals surface area contributed by atoms with Crippen LogP contribution in [0.25, 0.3) is 0 Å². The number of nitrogens with one attached hydrogen (secondary N) is 3. The Hall–Kier alpha value is -3.07. The molecule has 158 valence electrons. The van der Waals surface area contributed by atoms with E-state index in [2.05, 4.69) is 16.0 Å². The van der Waals surface area contributed by atoms with Crippen molar-refractivity contribution in [3.8, 4) is 0 Å². The van der Waals surface area contributed by atoms with Gasteiger partial charge in [-0.1, -0.05) is 12.1 Å². The summed E-state index contributed by atoms with van der Waals surface area (Å²) in [5.74, 6) is -1.35. The zero-order valence-electron chi connectivity index (χ0n) is 16.7. The summed E-state index contributed by atoms with van der Waals surface area (Å²) in [6.07, 6.45) is -0.851. The number of hydrogen-bond acceptors (Lipinski definition) is 5. The highest BCUT2D eigenvalue weighted by Crippen LogP contribution is 2.36. The molecule has 3 amide bonds. The molecule has 0 radical (unpaired) electrons. The third-order valence-electron chi connectivity index (χ3n) is 3.97. The first kappa shape index (κ1) is 21.6. The highest BCUT2D eigenvalue weighted by Gasteiger charge is 2.29. The average molecular weight is 431 g/mol. The van der Waals surface area contributed by atoms with Gasteiger partial charge in [-0.25, -0.2) is 9.18 Å². The van der Waals surface area contributed by atoms with Crippen molar-refractivity contribution in [2.24, 2.45) is 0 Å². The SMILES string of the molecule is CC(C)(C)OC(=O)Nc1ccc(F)cc1NC(=O)CC1Sc2ccccc2NC1=O. The Morgan fingerprint density at radius 1 is 1.13 bits per heavy atom. The number of carbonyl (C=O) groups excluding carboxylic acids is 3. The minimum absolute atomic E-state index is 0.0764. The van der Waals surface area contributed by atoms with Gasteiger partial charge in [0.2, 0.25) is 11.8 Å². The molecule has 3 N–H and O–H groups in total. The number of halogens is 1. The highest BCUT2D eigenvalue weighted by molar-refractivity contribution is 8.01. The van der Waals surface area contributed by atoms with Gasteiger partial charge in [-0.3, -0.25) is 14.9 Å². The summed E-state index contributed by atoms with van der Waals surface area (Å²) in [7, 11) is 0. The van der Waals surface area contributed by atoms with Crippen LogP contribution in [-0.2, 0) is 14.3 Å². The van der Waals surface area contributed by atoms with Crippen LogP contribution in [0, 0.1) is 5.82 Å². The van der Waals surface area contributed by atoms with E-state index in [4.69, 9.17) is 4.74 Å². The van der Waals surface area contributed by atoms with E-state index in [1.54, 1.807) is 26.8 Å². The number of ether oxygens (including phenoxy) is 1. The molecule has 2 aromatic carbocycles. The van der Waals surface area contributed by atoms with E-state index < -0.39 is 28.7 Å². The number of benzene rings is 2. The number of hydrogen-bond donors (Lipinski definition) is 3. The van der Waals surface area contributed by atoms with Gasteiger partial charge >= 0.3 is 6.09 Å². The molecule has 0 fully saturated rings. The number of amides is 3. The molecule has 9 heteroatoms. The van der Waals surface area contributed by atoms with E-state index in [0.29, 0.717) is 5.69 Å². The lowest BCUT2D eigenvalue weighted by molar-refractivity contribution is -0.120. The van der Waals surface area contributed by atoms with Crippen LogP contribution in [-0.4, -0.2) is 28.8 Å². The summed E-state index contributed by atoms with van der Waals surface area (Å²) in [6, 6.07) is 10.9.